The Kier molecular flexibility index (Phi) is 5.17. The number of carbonyl (C=O) groups is 2. The van der Waals surface area contributed by atoms with E-state index >= 15 is 0 Å². The van der Waals surface area contributed by atoms with Gasteiger partial charge in [0.05, 0.1) is 20.8 Å². The summed E-state index contributed by atoms with van der Waals surface area (Å²) in [6, 6.07) is 5.06. The van der Waals surface area contributed by atoms with Crippen molar-refractivity contribution in [1.29, 1.82) is 0 Å². The minimum Gasteiger partial charge on any atom is -0.493 e. The zero-order valence-electron chi connectivity index (χ0n) is 10.7. The summed E-state index contributed by atoms with van der Waals surface area (Å²) in [5.41, 5.74) is 0.672. The summed E-state index contributed by atoms with van der Waals surface area (Å²) >= 11 is 0. The van der Waals surface area contributed by atoms with Crippen LogP contribution in [0.1, 0.15) is 12.5 Å². The van der Waals surface area contributed by atoms with Gasteiger partial charge in [-0.05, 0) is 24.6 Å². The number of esters is 1. The van der Waals surface area contributed by atoms with Crippen molar-refractivity contribution in [3.8, 4) is 11.5 Å². The number of hydrogen-bond donors (Lipinski definition) is 0. The average molecular weight is 252 g/mol. The molecule has 1 rings (SSSR count). The van der Waals surface area contributed by atoms with Crippen molar-refractivity contribution in [2.75, 3.05) is 20.8 Å². The van der Waals surface area contributed by atoms with Gasteiger partial charge in [-0.1, -0.05) is 6.07 Å². The van der Waals surface area contributed by atoms with Gasteiger partial charge in [-0.3, -0.25) is 4.79 Å². The Balaban J connectivity index is 2.79. The van der Waals surface area contributed by atoms with Gasteiger partial charge in [0.2, 0.25) is 5.78 Å². The minimum atomic E-state index is -0.813. The molecule has 0 amide bonds. The van der Waals surface area contributed by atoms with Gasteiger partial charge in [-0.15, -0.1) is 0 Å². The van der Waals surface area contributed by atoms with Gasteiger partial charge >= 0.3 is 5.97 Å². The van der Waals surface area contributed by atoms with Crippen LogP contribution in [-0.2, 0) is 20.7 Å². The third-order valence-electron chi connectivity index (χ3n) is 2.32. The summed E-state index contributed by atoms with van der Waals surface area (Å²) in [6.45, 7) is 1.85. The lowest BCUT2D eigenvalue weighted by Gasteiger charge is -2.09. The highest BCUT2D eigenvalue weighted by atomic mass is 16.5. The zero-order valence-corrected chi connectivity index (χ0v) is 10.7. The molecule has 0 bridgehead atoms. The van der Waals surface area contributed by atoms with Crippen molar-refractivity contribution in [2.45, 2.75) is 13.3 Å². The van der Waals surface area contributed by atoms with Crippen molar-refractivity contribution in [3.63, 3.8) is 0 Å². The SMILES string of the molecule is CCOC(=O)C(=O)Cc1ccc(OC)c(OC)c1. The van der Waals surface area contributed by atoms with E-state index in [1.165, 1.54) is 14.2 Å². The predicted octanol–water partition coefficient (Wildman–Crippen LogP) is 1.38. The third-order valence-corrected chi connectivity index (χ3v) is 2.32. The number of methoxy groups -OCH3 is 2. The van der Waals surface area contributed by atoms with E-state index in [4.69, 9.17) is 9.47 Å². The maximum atomic E-state index is 11.5. The summed E-state index contributed by atoms with van der Waals surface area (Å²) in [5, 5.41) is 0. The monoisotopic (exact) mass is 252 g/mol. The first-order valence-electron chi connectivity index (χ1n) is 5.53. The lowest BCUT2D eigenvalue weighted by atomic mass is 10.1. The topological polar surface area (TPSA) is 61.8 Å². The normalized spacial score (nSPS) is 9.72. The fourth-order valence-electron chi connectivity index (χ4n) is 1.46. The standard InChI is InChI=1S/C13H16O5/c1-4-18-13(15)10(14)7-9-5-6-11(16-2)12(8-9)17-3/h5-6,8H,4,7H2,1-3H3. The fourth-order valence-corrected chi connectivity index (χ4v) is 1.46. The van der Waals surface area contributed by atoms with Crippen molar-refractivity contribution in [2.24, 2.45) is 0 Å². The van der Waals surface area contributed by atoms with Gasteiger partial charge in [-0.2, -0.15) is 0 Å². The molecule has 0 fully saturated rings. The molecule has 5 heteroatoms. The molecule has 1 aromatic carbocycles. The highest BCUT2D eigenvalue weighted by Crippen LogP contribution is 2.27. The Morgan fingerprint density at radius 3 is 2.33 bits per heavy atom. The van der Waals surface area contributed by atoms with Crippen LogP contribution in [-0.4, -0.2) is 32.6 Å². The van der Waals surface area contributed by atoms with E-state index in [0.717, 1.165) is 0 Å². The molecule has 0 heterocycles. The molecule has 18 heavy (non-hydrogen) atoms. The van der Waals surface area contributed by atoms with Crippen molar-refractivity contribution >= 4 is 11.8 Å². The van der Waals surface area contributed by atoms with Crippen LogP contribution in [0.5, 0.6) is 11.5 Å². The number of ether oxygens (including phenoxy) is 3. The Morgan fingerprint density at radius 2 is 1.78 bits per heavy atom. The van der Waals surface area contributed by atoms with E-state index in [1.807, 2.05) is 0 Å². The molecule has 0 aliphatic heterocycles. The van der Waals surface area contributed by atoms with Gasteiger partial charge < -0.3 is 14.2 Å². The number of benzene rings is 1. The molecule has 0 aromatic heterocycles. The second-order valence-corrected chi connectivity index (χ2v) is 3.51. The molecule has 98 valence electrons. The minimum absolute atomic E-state index is 0.0147. The Morgan fingerprint density at radius 1 is 1.11 bits per heavy atom. The van der Waals surface area contributed by atoms with Crippen LogP contribution in [0.15, 0.2) is 18.2 Å². The molecule has 5 nitrogen and oxygen atoms in total. The van der Waals surface area contributed by atoms with Crippen molar-refractivity contribution < 1.29 is 23.8 Å². The largest absolute Gasteiger partial charge is 0.493 e. The first-order valence-corrected chi connectivity index (χ1v) is 5.53. The summed E-state index contributed by atoms with van der Waals surface area (Å²) in [5.74, 6) is -0.298. The third kappa shape index (κ3) is 3.48. The molecule has 0 atom stereocenters. The number of carbonyl (C=O) groups excluding carboxylic acids is 2. The number of ketones is 1. The molecular formula is C13H16O5. The molecule has 0 saturated carbocycles. The van der Waals surface area contributed by atoms with Crippen LogP contribution < -0.4 is 9.47 Å². The smallest absolute Gasteiger partial charge is 0.374 e. The van der Waals surface area contributed by atoms with Gasteiger partial charge in [0, 0.05) is 6.42 Å². The van der Waals surface area contributed by atoms with Gasteiger partial charge in [0.1, 0.15) is 0 Å². The van der Waals surface area contributed by atoms with Crippen LogP contribution in [0.3, 0.4) is 0 Å². The highest BCUT2D eigenvalue weighted by molar-refractivity contribution is 6.34. The van der Waals surface area contributed by atoms with Crippen molar-refractivity contribution in [1.82, 2.24) is 0 Å². The van der Waals surface area contributed by atoms with Gasteiger partial charge in [0.25, 0.3) is 0 Å². The maximum Gasteiger partial charge on any atom is 0.374 e. The molecule has 0 aliphatic rings. The van der Waals surface area contributed by atoms with Crippen LogP contribution in [0.2, 0.25) is 0 Å². The summed E-state index contributed by atoms with van der Waals surface area (Å²) in [4.78, 5) is 22.7. The quantitative estimate of drug-likeness (QED) is 0.565. The maximum absolute atomic E-state index is 11.5. The van der Waals surface area contributed by atoms with Gasteiger partial charge in [-0.25, -0.2) is 4.79 Å². The first kappa shape index (κ1) is 14.0. The van der Waals surface area contributed by atoms with E-state index < -0.39 is 11.8 Å². The van der Waals surface area contributed by atoms with Crippen molar-refractivity contribution in [3.05, 3.63) is 23.8 Å². The number of rotatable bonds is 6. The lowest BCUT2D eigenvalue weighted by Crippen LogP contribution is -2.19. The highest BCUT2D eigenvalue weighted by Gasteiger charge is 2.16. The van der Waals surface area contributed by atoms with Crippen LogP contribution in [0.4, 0.5) is 0 Å². The number of Topliss-reactive ketones (excluding diaryl/α,β-unsaturated/α-hetero) is 1. The molecular weight excluding hydrogens is 236 g/mol. The van der Waals surface area contributed by atoms with E-state index in [-0.39, 0.29) is 13.0 Å². The van der Waals surface area contributed by atoms with E-state index in [2.05, 4.69) is 4.74 Å². The first-order chi connectivity index (χ1) is 8.62. The second-order valence-electron chi connectivity index (χ2n) is 3.51. The van der Waals surface area contributed by atoms with Gasteiger partial charge in [0.15, 0.2) is 11.5 Å². The van der Waals surface area contributed by atoms with E-state index in [9.17, 15) is 9.59 Å². The zero-order chi connectivity index (χ0) is 13.5. The summed E-state index contributed by atoms with van der Waals surface area (Å²) in [6.07, 6.45) is -0.0147. The molecule has 0 saturated heterocycles. The summed E-state index contributed by atoms with van der Waals surface area (Å²) in [7, 11) is 3.04. The molecule has 0 unspecified atom stereocenters. The molecule has 0 spiro atoms. The Hall–Kier alpha value is -2.04. The number of hydrogen-bond acceptors (Lipinski definition) is 5. The molecule has 1 aromatic rings. The molecule has 0 N–H and O–H groups in total. The second kappa shape index (κ2) is 6.64. The Labute approximate surface area is 106 Å². The van der Waals surface area contributed by atoms with E-state index in [0.29, 0.717) is 17.1 Å². The fraction of sp³-hybridized carbons (Fsp3) is 0.385. The lowest BCUT2D eigenvalue weighted by molar-refractivity contribution is -0.153. The van der Waals surface area contributed by atoms with Crippen LogP contribution in [0, 0.1) is 0 Å². The van der Waals surface area contributed by atoms with Crippen LogP contribution >= 0.6 is 0 Å². The predicted molar refractivity (Wildman–Crippen MR) is 64.9 cm³/mol. The Bertz CT molecular complexity index is 439. The molecule has 0 aliphatic carbocycles. The summed E-state index contributed by atoms with van der Waals surface area (Å²) < 4.78 is 14.8. The van der Waals surface area contributed by atoms with Crippen LogP contribution in [0.25, 0.3) is 0 Å². The average Bonchev–Trinajstić information content (AvgIpc) is 2.38. The van der Waals surface area contributed by atoms with E-state index in [1.54, 1.807) is 25.1 Å². The molecule has 0 radical (unpaired) electrons.